The number of hydrogen-bond acceptors (Lipinski definition) is 5. The first-order valence-electron chi connectivity index (χ1n) is 11.8. The van der Waals surface area contributed by atoms with Crippen LogP contribution < -0.4 is 14.8 Å². The highest BCUT2D eigenvalue weighted by molar-refractivity contribution is 6.11. The van der Waals surface area contributed by atoms with E-state index in [0.29, 0.717) is 23.6 Å². The molecule has 1 N–H and O–H groups in total. The number of imide groups is 1. The molecule has 0 spiro atoms. The largest absolute Gasteiger partial charge is 0.493 e. The van der Waals surface area contributed by atoms with Gasteiger partial charge in [-0.25, -0.2) is 4.79 Å². The standard InChI is InChI=1S/C28H31N3O5/c1-18-13-22(19(2)30(18)16-20-9-7-6-8-10-20)23(32)17-31-26(33)28(3,29-27(31)34)15-21-11-12-24(35-4)25(14-21)36-5/h6-14H,15-17H2,1-5H3,(H,29,34)/t28-/m1/s1. The molecule has 0 saturated carbocycles. The minimum Gasteiger partial charge on any atom is -0.493 e. The Balaban J connectivity index is 1.50. The summed E-state index contributed by atoms with van der Waals surface area (Å²) in [7, 11) is 3.09. The molecule has 1 aliphatic rings. The predicted octanol–water partition coefficient (Wildman–Crippen LogP) is 3.91. The van der Waals surface area contributed by atoms with E-state index in [1.54, 1.807) is 26.2 Å². The highest BCUT2D eigenvalue weighted by Gasteiger charge is 2.48. The number of methoxy groups -OCH3 is 2. The van der Waals surface area contributed by atoms with Gasteiger partial charge in [0.2, 0.25) is 0 Å². The summed E-state index contributed by atoms with van der Waals surface area (Å²) in [6.07, 6.45) is 0.244. The molecule has 1 aliphatic heterocycles. The van der Waals surface area contributed by atoms with Crippen molar-refractivity contribution < 1.29 is 23.9 Å². The van der Waals surface area contributed by atoms with Gasteiger partial charge >= 0.3 is 6.03 Å². The van der Waals surface area contributed by atoms with Crippen LogP contribution in [0.2, 0.25) is 0 Å². The van der Waals surface area contributed by atoms with Crippen molar-refractivity contribution in [2.75, 3.05) is 20.8 Å². The number of nitrogens with zero attached hydrogens (tertiary/aromatic N) is 2. The average molecular weight is 490 g/mol. The van der Waals surface area contributed by atoms with Gasteiger partial charge in [0.1, 0.15) is 5.54 Å². The Bertz CT molecular complexity index is 1310. The third kappa shape index (κ3) is 4.71. The van der Waals surface area contributed by atoms with Crippen LogP contribution in [0.3, 0.4) is 0 Å². The number of ketones is 1. The zero-order valence-electron chi connectivity index (χ0n) is 21.3. The van der Waals surface area contributed by atoms with Crippen LogP contribution in [0.4, 0.5) is 4.79 Å². The van der Waals surface area contributed by atoms with Gasteiger partial charge in [0.25, 0.3) is 5.91 Å². The highest BCUT2D eigenvalue weighted by Crippen LogP contribution is 2.31. The first-order chi connectivity index (χ1) is 17.2. The molecule has 8 heteroatoms. The molecule has 1 aromatic heterocycles. The minimum atomic E-state index is -1.18. The Kier molecular flexibility index (Phi) is 6.88. The molecule has 1 atom stereocenters. The first kappa shape index (κ1) is 25.0. The summed E-state index contributed by atoms with van der Waals surface area (Å²) >= 11 is 0. The second-order valence-corrected chi connectivity index (χ2v) is 9.30. The lowest BCUT2D eigenvalue weighted by molar-refractivity contribution is -0.130. The lowest BCUT2D eigenvalue weighted by atomic mass is 9.92. The van der Waals surface area contributed by atoms with Crippen molar-refractivity contribution in [2.24, 2.45) is 0 Å². The molecule has 188 valence electrons. The van der Waals surface area contributed by atoms with Gasteiger partial charge in [-0.3, -0.25) is 14.5 Å². The van der Waals surface area contributed by atoms with Crippen LogP contribution in [-0.4, -0.2) is 53.5 Å². The number of aromatic nitrogens is 1. The fourth-order valence-electron chi connectivity index (χ4n) is 4.73. The normalized spacial score (nSPS) is 17.3. The van der Waals surface area contributed by atoms with Gasteiger partial charge in [-0.05, 0) is 50.1 Å². The lowest BCUT2D eigenvalue weighted by Crippen LogP contribution is -2.46. The van der Waals surface area contributed by atoms with Crippen LogP contribution >= 0.6 is 0 Å². The molecule has 4 rings (SSSR count). The van der Waals surface area contributed by atoms with E-state index in [9.17, 15) is 14.4 Å². The van der Waals surface area contributed by atoms with Crippen molar-refractivity contribution in [2.45, 2.75) is 39.3 Å². The maximum atomic E-state index is 13.3. The second kappa shape index (κ2) is 9.89. The van der Waals surface area contributed by atoms with Gasteiger partial charge in [-0.1, -0.05) is 36.4 Å². The van der Waals surface area contributed by atoms with Crippen molar-refractivity contribution in [1.29, 1.82) is 0 Å². The smallest absolute Gasteiger partial charge is 0.325 e. The summed E-state index contributed by atoms with van der Waals surface area (Å²) in [5.74, 6) is 0.397. The number of aryl methyl sites for hydroxylation is 1. The highest BCUT2D eigenvalue weighted by atomic mass is 16.5. The van der Waals surface area contributed by atoms with Crippen LogP contribution in [0.15, 0.2) is 54.6 Å². The molecule has 3 aromatic rings. The quantitative estimate of drug-likeness (QED) is 0.364. The van der Waals surface area contributed by atoms with Crippen LogP contribution in [0, 0.1) is 13.8 Å². The molecule has 36 heavy (non-hydrogen) atoms. The van der Waals surface area contributed by atoms with Crippen LogP contribution in [0.1, 0.15) is 39.8 Å². The van der Waals surface area contributed by atoms with Crippen LogP contribution in [0.5, 0.6) is 11.5 Å². The zero-order chi connectivity index (χ0) is 26.0. The Morgan fingerprint density at radius 2 is 1.64 bits per heavy atom. The number of nitrogens with one attached hydrogen (secondary N) is 1. The molecule has 8 nitrogen and oxygen atoms in total. The van der Waals surface area contributed by atoms with E-state index in [1.807, 2.05) is 56.3 Å². The molecular formula is C28H31N3O5. The van der Waals surface area contributed by atoms with E-state index in [1.165, 1.54) is 7.11 Å². The number of ether oxygens (including phenoxy) is 2. The number of urea groups is 1. The fraction of sp³-hybridized carbons (Fsp3) is 0.321. The molecule has 1 saturated heterocycles. The van der Waals surface area contributed by atoms with Crippen molar-refractivity contribution in [1.82, 2.24) is 14.8 Å². The number of rotatable bonds is 9. The number of hydrogen-bond donors (Lipinski definition) is 1. The van der Waals surface area contributed by atoms with E-state index in [4.69, 9.17) is 9.47 Å². The van der Waals surface area contributed by atoms with Gasteiger partial charge in [-0.15, -0.1) is 0 Å². The SMILES string of the molecule is COc1ccc(C[C@@]2(C)NC(=O)N(CC(=O)c3cc(C)n(Cc4ccccc4)c3C)C2=O)cc1OC. The molecule has 0 aliphatic carbocycles. The zero-order valence-corrected chi connectivity index (χ0v) is 21.3. The number of carbonyl (C=O) groups excluding carboxylic acids is 3. The van der Waals surface area contributed by atoms with E-state index in [2.05, 4.69) is 9.88 Å². The Labute approximate surface area is 210 Å². The van der Waals surface area contributed by atoms with Gasteiger partial charge in [0.05, 0.1) is 20.8 Å². The number of benzene rings is 2. The maximum absolute atomic E-state index is 13.3. The van der Waals surface area contributed by atoms with Crippen LogP contribution in [0.25, 0.3) is 0 Å². The summed E-state index contributed by atoms with van der Waals surface area (Å²) in [5.41, 5.74) is 3.00. The molecule has 1 fully saturated rings. The lowest BCUT2D eigenvalue weighted by Gasteiger charge is -2.22. The molecule has 0 radical (unpaired) electrons. The van der Waals surface area contributed by atoms with Crippen molar-refractivity contribution in [3.8, 4) is 11.5 Å². The third-order valence-electron chi connectivity index (χ3n) is 6.71. The second-order valence-electron chi connectivity index (χ2n) is 9.30. The number of carbonyl (C=O) groups is 3. The molecule has 0 bridgehead atoms. The minimum absolute atomic E-state index is 0.244. The molecule has 3 amide bonds. The predicted molar refractivity (Wildman–Crippen MR) is 136 cm³/mol. The van der Waals surface area contributed by atoms with Gasteiger partial charge in [-0.2, -0.15) is 0 Å². The topological polar surface area (TPSA) is 89.9 Å². The monoisotopic (exact) mass is 489 g/mol. The fourth-order valence-corrected chi connectivity index (χ4v) is 4.73. The number of Topliss-reactive ketones (excluding diaryl/α,β-unsaturated/α-hetero) is 1. The van der Waals surface area contributed by atoms with E-state index >= 15 is 0 Å². The van der Waals surface area contributed by atoms with E-state index in [-0.39, 0.29) is 18.7 Å². The molecule has 2 heterocycles. The Morgan fingerprint density at radius 3 is 2.31 bits per heavy atom. The molecule has 2 aromatic carbocycles. The summed E-state index contributed by atoms with van der Waals surface area (Å²) in [5, 5.41) is 2.77. The Morgan fingerprint density at radius 1 is 0.944 bits per heavy atom. The average Bonchev–Trinajstić information content (AvgIpc) is 3.26. The van der Waals surface area contributed by atoms with Crippen molar-refractivity contribution in [3.05, 3.63) is 82.7 Å². The molecule has 0 unspecified atom stereocenters. The van der Waals surface area contributed by atoms with Gasteiger partial charge in [0, 0.05) is 29.9 Å². The Hall–Kier alpha value is -4.07. The summed E-state index contributed by atoms with van der Waals surface area (Å²) in [4.78, 5) is 40.3. The summed E-state index contributed by atoms with van der Waals surface area (Å²) in [6, 6.07) is 16.6. The van der Waals surface area contributed by atoms with Crippen molar-refractivity contribution in [3.63, 3.8) is 0 Å². The van der Waals surface area contributed by atoms with Crippen molar-refractivity contribution >= 4 is 17.7 Å². The maximum Gasteiger partial charge on any atom is 0.325 e. The van der Waals surface area contributed by atoms with Gasteiger partial charge < -0.3 is 19.4 Å². The van der Waals surface area contributed by atoms with Crippen LogP contribution in [-0.2, 0) is 17.8 Å². The van der Waals surface area contributed by atoms with Gasteiger partial charge in [0.15, 0.2) is 17.3 Å². The third-order valence-corrected chi connectivity index (χ3v) is 6.71. The first-order valence-corrected chi connectivity index (χ1v) is 11.8. The molecular weight excluding hydrogens is 458 g/mol. The number of amides is 3. The van der Waals surface area contributed by atoms with E-state index in [0.717, 1.165) is 27.4 Å². The summed E-state index contributed by atoms with van der Waals surface area (Å²) < 4.78 is 12.7. The van der Waals surface area contributed by atoms with E-state index < -0.39 is 17.5 Å². The summed E-state index contributed by atoms with van der Waals surface area (Å²) in [6.45, 7) is 5.82.